The van der Waals surface area contributed by atoms with Crippen molar-refractivity contribution in [1.29, 1.82) is 0 Å². The van der Waals surface area contributed by atoms with Crippen LogP contribution < -0.4 is 4.74 Å². The number of piperidine rings is 1. The lowest BCUT2D eigenvalue weighted by Gasteiger charge is -2.29. The molecule has 2 aromatic heterocycles. The molecule has 0 bridgehead atoms. The van der Waals surface area contributed by atoms with Gasteiger partial charge >= 0.3 is 6.09 Å². The van der Waals surface area contributed by atoms with Gasteiger partial charge in [0.25, 0.3) is 10.1 Å². The van der Waals surface area contributed by atoms with Crippen LogP contribution in [0.4, 0.5) is 4.79 Å². The van der Waals surface area contributed by atoms with Gasteiger partial charge in [-0.3, -0.25) is 4.18 Å². The van der Waals surface area contributed by atoms with E-state index in [1.54, 1.807) is 11.3 Å². The number of carboxylic acid groups (broad SMARTS) is 1. The number of aryl methyl sites for hydroxylation is 1. The third kappa shape index (κ3) is 4.46. The van der Waals surface area contributed by atoms with Crippen molar-refractivity contribution in [2.75, 3.05) is 32.6 Å². The van der Waals surface area contributed by atoms with E-state index in [2.05, 4.69) is 9.97 Å². The zero-order valence-corrected chi connectivity index (χ0v) is 17.7. The Kier molecular flexibility index (Phi) is 5.63. The number of amides is 1. The largest absolute Gasteiger partial charge is 0.477 e. The lowest BCUT2D eigenvalue weighted by molar-refractivity contribution is 0.111. The van der Waals surface area contributed by atoms with Crippen LogP contribution in [0.15, 0.2) is 6.33 Å². The first kappa shape index (κ1) is 20.3. The Labute approximate surface area is 172 Å². The summed E-state index contributed by atoms with van der Waals surface area (Å²) in [6.45, 7) is 1.61. The van der Waals surface area contributed by atoms with Crippen molar-refractivity contribution >= 4 is 37.8 Å². The van der Waals surface area contributed by atoms with Gasteiger partial charge in [-0.2, -0.15) is 8.42 Å². The van der Waals surface area contributed by atoms with E-state index >= 15 is 0 Å². The average Bonchev–Trinajstić information content (AvgIpc) is 3.23. The number of hydrogen-bond acceptors (Lipinski definition) is 8. The fourth-order valence-corrected chi connectivity index (χ4v) is 5.65. The maximum absolute atomic E-state index is 11.4. The first-order valence-corrected chi connectivity index (χ1v) is 12.2. The molecule has 4 rings (SSSR count). The molecule has 11 heteroatoms. The van der Waals surface area contributed by atoms with E-state index in [9.17, 15) is 13.2 Å². The highest BCUT2D eigenvalue weighted by Gasteiger charge is 2.31. The number of thiophene rings is 1. The smallest absolute Gasteiger partial charge is 0.407 e. The van der Waals surface area contributed by atoms with Gasteiger partial charge in [-0.1, -0.05) is 0 Å². The van der Waals surface area contributed by atoms with E-state index in [1.807, 2.05) is 0 Å². The highest BCUT2D eigenvalue weighted by Crippen LogP contribution is 2.46. The molecule has 1 aliphatic heterocycles. The second-order valence-corrected chi connectivity index (χ2v) is 10.3. The SMILES string of the molecule is CS(=O)(=O)OC[C@H]1CCc2sc3ncnc(OCC4CCN(C(=O)O)CC4)c3c21. The number of fused-ring (bicyclic) bond motifs is 3. The maximum atomic E-state index is 11.4. The van der Waals surface area contributed by atoms with Gasteiger partial charge in [-0.25, -0.2) is 14.8 Å². The second-order valence-electron chi connectivity index (χ2n) is 7.55. The van der Waals surface area contributed by atoms with Gasteiger partial charge in [0.15, 0.2) is 0 Å². The zero-order valence-electron chi connectivity index (χ0n) is 16.0. The molecule has 2 aromatic rings. The Balaban J connectivity index is 1.50. The number of aromatic nitrogens is 2. The number of likely N-dealkylation sites (tertiary alicyclic amines) is 1. The summed E-state index contributed by atoms with van der Waals surface area (Å²) < 4.78 is 33.9. The highest BCUT2D eigenvalue weighted by molar-refractivity contribution is 7.85. The van der Waals surface area contributed by atoms with Gasteiger partial charge in [0, 0.05) is 23.9 Å². The Morgan fingerprint density at radius 1 is 1.28 bits per heavy atom. The van der Waals surface area contributed by atoms with Crippen molar-refractivity contribution in [3.63, 3.8) is 0 Å². The fraction of sp³-hybridized carbons (Fsp3) is 0.611. The van der Waals surface area contributed by atoms with Crippen molar-refractivity contribution in [3.05, 3.63) is 16.8 Å². The van der Waals surface area contributed by atoms with Crippen molar-refractivity contribution in [2.24, 2.45) is 5.92 Å². The monoisotopic (exact) mass is 441 g/mol. The summed E-state index contributed by atoms with van der Waals surface area (Å²) in [5, 5.41) is 9.92. The molecule has 1 fully saturated rings. The summed E-state index contributed by atoms with van der Waals surface area (Å²) >= 11 is 1.59. The van der Waals surface area contributed by atoms with Crippen molar-refractivity contribution < 1.29 is 27.2 Å². The first-order valence-electron chi connectivity index (χ1n) is 9.53. The summed E-state index contributed by atoms with van der Waals surface area (Å²) in [5.74, 6) is 0.756. The maximum Gasteiger partial charge on any atom is 0.407 e. The van der Waals surface area contributed by atoms with E-state index in [0.29, 0.717) is 25.6 Å². The van der Waals surface area contributed by atoms with Crippen LogP contribution in [0.25, 0.3) is 10.2 Å². The first-order chi connectivity index (χ1) is 13.8. The minimum atomic E-state index is -3.50. The Morgan fingerprint density at radius 2 is 2.03 bits per heavy atom. The van der Waals surface area contributed by atoms with E-state index in [0.717, 1.165) is 47.7 Å². The average molecular weight is 442 g/mol. The van der Waals surface area contributed by atoms with Crippen LogP contribution >= 0.6 is 11.3 Å². The van der Waals surface area contributed by atoms with Gasteiger partial charge in [0.1, 0.15) is 11.2 Å². The van der Waals surface area contributed by atoms with Crippen LogP contribution in [0.2, 0.25) is 0 Å². The molecule has 1 atom stereocenters. The topological polar surface area (TPSA) is 119 Å². The number of rotatable bonds is 6. The van der Waals surface area contributed by atoms with Crippen molar-refractivity contribution in [3.8, 4) is 5.88 Å². The standard InChI is InChI=1S/C18H23N3O6S2/c1-29(24,25)27-9-12-2-3-13-14(12)15-16(19-10-20-17(15)28-13)26-8-11-4-6-21(7-5-11)18(22)23/h10-12H,2-9H2,1H3,(H,22,23)/t12-/m1/s1. The van der Waals surface area contributed by atoms with Crippen LogP contribution in [0.1, 0.15) is 35.6 Å². The number of nitrogens with zero attached hydrogens (tertiary/aromatic N) is 3. The van der Waals surface area contributed by atoms with Gasteiger partial charge in [-0.15, -0.1) is 11.3 Å². The van der Waals surface area contributed by atoms with Crippen LogP contribution in [0.3, 0.4) is 0 Å². The molecule has 1 amide bonds. The minimum absolute atomic E-state index is 0.0272. The van der Waals surface area contributed by atoms with Crippen molar-refractivity contribution in [1.82, 2.24) is 14.9 Å². The lowest BCUT2D eigenvalue weighted by Crippen LogP contribution is -2.38. The minimum Gasteiger partial charge on any atom is -0.477 e. The number of hydrogen-bond donors (Lipinski definition) is 1. The molecule has 0 aromatic carbocycles. The summed E-state index contributed by atoms with van der Waals surface area (Å²) in [5.41, 5.74) is 1.05. The fourth-order valence-electron chi connectivity index (χ4n) is 4.01. The normalized spacial score (nSPS) is 20.2. The number of ether oxygens (including phenoxy) is 1. The van der Waals surface area contributed by atoms with Crippen LogP contribution in [0.5, 0.6) is 5.88 Å². The predicted molar refractivity (Wildman–Crippen MR) is 107 cm³/mol. The van der Waals surface area contributed by atoms with Crippen LogP contribution in [0, 0.1) is 5.92 Å². The Morgan fingerprint density at radius 3 is 2.72 bits per heavy atom. The van der Waals surface area contributed by atoms with Crippen molar-refractivity contribution in [2.45, 2.75) is 31.6 Å². The summed E-state index contributed by atoms with van der Waals surface area (Å²) in [7, 11) is -3.50. The Bertz CT molecular complexity index is 1010. The molecule has 3 heterocycles. The predicted octanol–water partition coefficient (Wildman–Crippen LogP) is 2.47. The third-order valence-electron chi connectivity index (χ3n) is 5.52. The van der Waals surface area contributed by atoms with E-state index < -0.39 is 16.2 Å². The molecular formula is C18H23N3O6S2. The van der Waals surface area contributed by atoms with E-state index in [-0.39, 0.29) is 18.4 Å². The molecule has 1 saturated heterocycles. The molecule has 1 N–H and O–H groups in total. The molecular weight excluding hydrogens is 418 g/mol. The van der Waals surface area contributed by atoms with Gasteiger partial charge in [0.2, 0.25) is 5.88 Å². The van der Waals surface area contributed by atoms with Gasteiger partial charge in [0.05, 0.1) is 24.9 Å². The molecule has 29 heavy (non-hydrogen) atoms. The Hall–Kier alpha value is -1.98. The molecule has 158 valence electrons. The molecule has 0 unspecified atom stereocenters. The van der Waals surface area contributed by atoms with E-state index in [1.165, 1.54) is 16.1 Å². The highest BCUT2D eigenvalue weighted by atomic mass is 32.2. The molecule has 9 nitrogen and oxygen atoms in total. The summed E-state index contributed by atoms with van der Waals surface area (Å²) in [6.07, 6.45) is 4.87. The summed E-state index contributed by atoms with van der Waals surface area (Å²) in [6, 6.07) is 0. The lowest BCUT2D eigenvalue weighted by atomic mass is 9.98. The molecule has 0 spiro atoms. The van der Waals surface area contributed by atoms with E-state index in [4.69, 9.17) is 14.0 Å². The second kappa shape index (κ2) is 8.04. The molecule has 2 aliphatic rings. The van der Waals surface area contributed by atoms with Gasteiger partial charge < -0.3 is 14.7 Å². The third-order valence-corrected chi connectivity index (χ3v) is 7.26. The van der Waals surface area contributed by atoms with Crippen LogP contribution in [-0.4, -0.2) is 67.0 Å². The molecule has 0 radical (unpaired) electrons. The quantitative estimate of drug-likeness (QED) is 0.679. The zero-order chi connectivity index (χ0) is 20.6. The van der Waals surface area contributed by atoms with Crippen LogP contribution in [-0.2, 0) is 20.7 Å². The molecule has 0 saturated carbocycles. The van der Waals surface area contributed by atoms with Gasteiger partial charge in [-0.05, 0) is 37.2 Å². The number of carbonyl (C=O) groups is 1. The summed E-state index contributed by atoms with van der Waals surface area (Å²) in [4.78, 5) is 23.2. The molecule has 1 aliphatic carbocycles.